The van der Waals surface area contributed by atoms with E-state index in [0.717, 1.165) is 32.0 Å². The first-order valence-corrected chi connectivity index (χ1v) is 5.89. The summed E-state index contributed by atoms with van der Waals surface area (Å²) in [7, 11) is 0. The molecule has 0 spiro atoms. The van der Waals surface area contributed by atoms with Crippen molar-refractivity contribution in [2.24, 2.45) is 11.8 Å². The number of carbonyl (C=O) groups excluding carboxylic acids is 2. The molecule has 0 N–H and O–H groups in total. The molecule has 1 saturated carbocycles. The van der Waals surface area contributed by atoms with Crippen LogP contribution in [0.15, 0.2) is 12.2 Å². The Morgan fingerprint density at radius 3 is 2.38 bits per heavy atom. The molecule has 0 aromatic carbocycles. The van der Waals surface area contributed by atoms with Crippen LogP contribution in [0.4, 0.5) is 0 Å². The van der Waals surface area contributed by atoms with Crippen LogP contribution in [-0.4, -0.2) is 18.9 Å². The van der Waals surface area contributed by atoms with Gasteiger partial charge in [0.2, 0.25) is 0 Å². The summed E-state index contributed by atoms with van der Waals surface area (Å²) in [4.78, 5) is 21.5. The van der Waals surface area contributed by atoms with Gasteiger partial charge < -0.3 is 9.53 Å². The maximum Gasteiger partial charge on any atom is 0.333 e. The number of hydrogen-bond donors (Lipinski definition) is 0. The largest absolute Gasteiger partial charge is 0.462 e. The van der Waals surface area contributed by atoms with Gasteiger partial charge in [0.1, 0.15) is 6.29 Å². The van der Waals surface area contributed by atoms with E-state index >= 15 is 0 Å². The standard InChI is InChI=1S/C13H20O3/c1-10(2)13(15)16-9-12-5-3-11(4-6-12)7-8-14/h8,11-12H,1,3-7,9H2,2H3. The Morgan fingerprint density at radius 2 is 1.88 bits per heavy atom. The minimum Gasteiger partial charge on any atom is -0.462 e. The summed E-state index contributed by atoms with van der Waals surface area (Å²) in [6.45, 7) is 5.70. The van der Waals surface area contributed by atoms with Crippen molar-refractivity contribution in [1.29, 1.82) is 0 Å². The van der Waals surface area contributed by atoms with Crippen LogP contribution < -0.4 is 0 Å². The van der Waals surface area contributed by atoms with Crippen LogP contribution in [-0.2, 0) is 14.3 Å². The predicted molar refractivity (Wildman–Crippen MR) is 61.9 cm³/mol. The van der Waals surface area contributed by atoms with Gasteiger partial charge in [0, 0.05) is 12.0 Å². The monoisotopic (exact) mass is 224 g/mol. The normalized spacial score (nSPS) is 24.8. The van der Waals surface area contributed by atoms with Crippen molar-refractivity contribution >= 4 is 12.3 Å². The molecule has 16 heavy (non-hydrogen) atoms. The van der Waals surface area contributed by atoms with Crippen LogP contribution in [0, 0.1) is 11.8 Å². The number of aldehydes is 1. The Hall–Kier alpha value is -1.12. The SMILES string of the molecule is C=C(C)C(=O)OCC1CCC(CC=O)CC1. The first-order valence-electron chi connectivity index (χ1n) is 5.89. The number of esters is 1. The second-order valence-electron chi connectivity index (χ2n) is 4.67. The zero-order valence-electron chi connectivity index (χ0n) is 9.91. The van der Waals surface area contributed by atoms with Gasteiger partial charge in [-0.3, -0.25) is 0 Å². The lowest BCUT2D eigenvalue weighted by Gasteiger charge is -2.26. The Morgan fingerprint density at radius 1 is 1.31 bits per heavy atom. The molecule has 0 aromatic rings. The summed E-state index contributed by atoms with van der Waals surface area (Å²) in [5.74, 6) is 0.715. The number of rotatable bonds is 5. The van der Waals surface area contributed by atoms with Crippen LogP contribution >= 0.6 is 0 Å². The van der Waals surface area contributed by atoms with E-state index in [9.17, 15) is 9.59 Å². The van der Waals surface area contributed by atoms with E-state index in [-0.39, 0.29) is 5.97 Å². The molecule has 3 nitrogen and oxygen atoms in total. The zero-order chi connectivity index (χ0) is 12.0. The molecule has 0 amide bonds. The van der Waals surface area contributed by atoms with Crippen LogP contribution in [0.5, 0.6) is 0 Å². The highest BCUT2D eigenvalue weighted by Gasteiger charge is 2.21. The van der Waals surface area contributed by atoms with Crippen molar-refractivity contribution in [3.8, 4) is 0 Å². The minimum absolute atomic E-state index is 0.296. The Labute approximate surface area is 96.9 Å². The molecule has 1 rings (SSSR count). The van der Waals surface area contributed by atoms with Crippen molar-refractivity contribution in [3.05, 3.63) is 12.2 Å². The molecule has 90 valence electrons. The molecule has 3 heteroatoms. The molecular weight excluding hydrogens is 204 g/mol. The van der Waals surface area contributed by atoms with E-state index in [4.69, 9.17) is 4.74 Å². The summed E-state index contributed by atoms with van der Waals surface area (Å²) >= 11 is 0. The van der Waals surface area contributed by atoms with E-state index in [2.05, 4.69) is 6.58 Å². The second-order valence-corrected chi connectivity index (χ2v) is 4.67. The fraction of sp³-hybridized carbons (Fsp3) is 0.692. The summed E-state index contributed by atoms with van der Waals surface area (Å²) < 4.78 is 5.13. The van der Waals surface area contributed by atoms with Crippen molar-refractivity contribution in [1.82, 2.24) is 0 Å². The summed E-state index contributed by atoms with van der Waals surface area (Å²) in [6.07, 6.45) is 5.95. The molecule has 0 aromatic heterocycles. The highest BCUT2D eigenvalue weighted by Crippen LogP contribution is 2.30. The van der Waals surface area contributed by atoms with E-state index in [1.807, 2.05) is 0 Å². The third-order valence-corrected chi connectivity index (χ3v) is 3.19. The van der Waals surface area contributed by atoms with E-state index in [1.54, 1.807) is 6.92 Å². The van der Waals surface area contributed by atoms with Gasteiger partial charge in [-0.15, -0.1) is 0 Å². The van der Waals surface area contributed by atoms with E-state index in [0.29, 0.717) is 30.4 Å². The lowest BCUT2D eigenvalue weighted by molar-refractivity contribution is -0.140. The smallest absolute Gasteiger partial charge is 0.333 e. The third-order valence-electron chi connectivity index (χ3n) is 3.19. The number of hydrogen-bond acceptors (Lipinski definition) is 3. The lowest BCUT2D eigenvalue weighted by atomic mass is 9.81. The zero-order valence-corrected chi connectivity index (χ0v) is 9.91. The Bertz CT molecular complexity index is 262. The maximum absolute atomic E-state index is 11.2. The lowest BCUT2D eigenvalue weighted by Crippen LogP contribution is -2.20. The van der Waals surface area contributed by atoms with Crippen molar-refractivity contribution in [3.63, 3.8) is 0 Å². The Balaban J connectivity index is 2.19. The summed E-state index contributed by atoms with van der Waals surface area (Å²) in [6, 6.07) is 0. The fourth-order valence-electron chi connectivity index (χ4n) is 2.09. The maximum atomic E-state index is 11.2. The third kappa shape index (κ3) is 4.17. The topological polar surface area (TPSA) is 43.4 Å². The summed E-state index contributed by atoms with van der Waals surface area (Å²) in [5.41, 5.74) is 0.453. The van der Waals surface area contributed by atoms with Crippen LogP contribution in [0.1, 0.15) is 39.0 Å². The number of carbonyl (C=O) groups is 2. The first-order chi connectivity index (χ1) is 7.63. The van der Waals surface area contributed by atoms with Gasteiger partial charge in [-0.05, 0) is 44.4 Å². The average molecular weight is 224 g/mol. The molecule has 0 aliphatic heterocycles. The molecule has 0 unspecified atom stereocenters. The van der Waals surface area contributed by atoms with Gasteiger partial charge in [-0.2, -0.15) is 0 Å². The van der Waals surface area contributed by atoms with Crippen molar-refractivity contribution in [2.45, 2.75) is 39.0 Å². The molecule has 0 heterocycles. The molecule has 0 radical (unpaired) electrons. The highest BCUT2D eigenvalue weighted by atomic mass is 16.5. The van der Waals surface area contributed by atoms with Crippen LogP contribution in [0.3, 0.4) is 0 Å². The van der Waals surface area contributed by atoms with Crippen LogP contribution in [0.2, 0.25) is 0 Å². The molecule has 1 fully saturated rings. The fourth-order valence-corrected chi connectivity index (χ4v) is 2.09. The summed E-state index contributed by atoms with van der Waals surface area (Å²) in [5, 5.41) is 0. The van der Waals surface area contributed by atoms with Gasteiger partial charge >= 0.3 is 5.97 Å². The van der Waals surface area contributed by atoms with Gasteiger partial charge in [0.25, 0.3) is 0 Å². The Kier molecular flexibility index (Phi) is 5.23. The van der Waals surface area contributed by atoms with Crippen molar-refractivity contribution < 1.29 is 14.3 Å². The van der Waals surface area contributed by atoms with Crippen molar-refractivity contribution in [2.75, 3.05) is 6.61 Å². The average Bonchev–Trinajstić information content (AvgIpc) is 2.28. The van der Waals surface area contributed by atoms with Gasteiger partial charge in [0.15, 0.2) is 0 Å². The minimum atomic E-state index is -0.296. The molecule has 0 atom stereocenters. The van der Waals surface area contributed by atoms with Gasteiger partial charge in [-0.1, -0.05) is 6.58 Å². The molecule has 0 saturated heterocycles. The quantitative estimate of drug-likeness (QED) is 0.409. The van der Waals surface area contributed by atoms with Gasteiger partial charge in [0.05, 0.1) is 6.61 Å². The predicted octanol–water partition coefficient (Wildman–Crippen LogP) is 2.50. The molecule has 1 aliphatic rings. The number of ether oxygens (including phenoxy) is 1. The van der Waals surface area contributed by atoms with E-state index < -0.39 is 0 Å². The second kappa shape index (κ2) is 6.46. The first kappa shape index (κ1) is 12.9. The van der Waals surface area contributed by atoms with Gasteiger partial charge in [-0.25, -0.2) is 4.79 Å². The van der Waals surface area contributed by atoms with E-state index in [1.165, 1.54) is 0 Å². The molecular formula is C13H20O3. The highest BCUT2D eigenvalue weighted by molar-refractivity contribution is 5.86. The molecule has 0 bridgehead atoms. The molecule has 1 aliphatic carbocycles. The van der Waals surface area contributed by atoms with Crippen LogP contribution in [0.25, 0.3) is 0 Å².